The average molecular weight is 1070 g/mol. The molecule has 20 nitrogen and oxygen atoms in total. The number of carbonyl (C=O) groups excluding carboxylic acids is 5. The van der Waals surface area contributed by atoms with Gasteiger partial charge in [0.2, 0.25) is 29.5 Å². The van der Waals surface area contributed by atoms with E-state index in [0.29, 0.717) is 97.4 Å². The molecule has 6 N–H and O–H groups in total. The number of pyridine rings is 1. The molecule has 0 radical (unpaired) electrons. The molecule has 2 aromatic carbocycles. The molecule has 0 aliphatic carbocycles. The molecule has 418 valence electrons. The first-order valence-corrected chi connectivity index (χ1v) is 26.8. The average Bonchev–Trinajstić information content (AvgIpc) is 4.19. The summed E-state index contributed by atoms with van der Waals surface area (Å²) in [5.41, 5.74) is 10.4. The number of anilines is 2. The van der Waals surface area contributed by atoms with Crippen LogP contribution in [0.25, 0.3) is 11.1 Å². The molecule has 0 saturated carbocycles. The zero-order chi connectivity index (χ0) is 55.6. The first-order valence-electron chi connectivity index (χ1n) is 26.8. The summed E-state index contributed by atoms with van der Waals surface area (Å²) in [6.45, 7) is 12.6. The van der Waals surface area contributed by atoms with Crippen molar-refractivity contribution >= 4 is 41.0 Å². The SMILES string of the molecule is CC[C@H](NC(=O)[C@H]1C[C@@H](NCCOCCOCCC(=O)N(C)CCn2nc3c(c2OC)-c2cnc(N)c(c2)N2CCC[C@@H]2c2cc(F)ccc2C(=O)N(C)C3)CN1C(=O)C(NC(=O)[C@@H](C)NC)C(C)(C)C)c1ccccc1. The molecule has 1 unspecified atom stereocenters. The lowest BCUT2D eigenvalue weighted by atomic mass is 9.85. The second kappa shape index (κ2) is 26.1. The number of rotatable bonds is 22. The Kier molecular flexibility index (Phi) is 19.7. The Morgan fingerprint density at radius 2 is 1.75 bits per heavy atom. The number of methoxy groups -OCH3 is 1. The zero-order valence-corrected chi connectivity index (χ0v) is 46.2. The van der Waals surface area contributed by atoms with Gasteiger partial charge in [-0.05, 0) is 80.5 Å². The highest BCUT2D eigenvalue weighted by molar-refractivity contribution is 5.96. The van der Waals surface area contributed by atoms with Gasteiger partial charge < -0.3 is 60.8 Å². The normalized spacial score (nSPS) is 18.5. The van der Waals surface area contributed by atoms with Crippen molar-refractivity contribution in [2.45, 2.75) is 116 Å². The topological polar surface area (TPSA) is 231 Å². The van der Waals surface area contributed by atoms with Crippen LogP contribution in [0.5, 0.6) is 5.88 Å². The van der Waals surface area contributed by atoms with Crippen molar-refractivity contribution in [3.8, 4) is 17.0 Å². The van der Waals surface area contributed by atoms with E-state index in [2.05, 4.69) is 31.2 Å². The summed E-state index contributed by atoms with van der Waals surface area (Å²) in [5.74, 6) is -0.922. The summed E-state index contributed by atoms with van der Waals surface area (Å²) in [7, 11) is 6.65. The van der Waals surface area contributed by atoms with Crippen LogP contribution >= 0.6 is 0 Å². The van der Waals surface area contributed by atoms with Crippen molar-refractivity contribution in [1.29, 1.82) is 0 Å². The molecular weight excluding hydrogens is 988 g/mol. The molecule has 77 heavy (non-hydrogen) atoms. The summed E-state index contributed by atoms with van der Waals surface area (Å²) in [4.78, 5) is 80.4. The van der Waals surface area contributed by atoms with Gasteiger partial charge in [-0.15, -0.1) is 0 Å². The molecule has 3 aliphatic heterocycles. The minimum absolute atomic E-state index is 0.116. The molecule has 6 atom stereocenters. The Bertz CT molecular complexity index is 2700. The highest BCUT2D eigenvalue weighted by Gasteiger charge is 2.45. The lowest BCUT2D eigenvalue weighted by molar-refractivity contribution is -0.144. The van der Waals surface area contributed by atoms with E-state index in [1.54, 1.807) is 66.8 Å². The minimum Gasteiger partial charge on any atom is -0.481 e. The predicted molar refractivity (Wildman–Crippen MR) is 291 cm³/mol. The van der Waals surface area contributed by atoms with Gasteiger partial charge in [0.1, 0.15) is 23.7 Å². The second-order valence-corrected chi connectivity index (χ2v) is 21.3. The van der Waals surface area contributed by atoms with Gasteiger partial charge in [0.25, 0.3) is 5.91 Å². The van der Waals surface area contributed by atoms with E-state index < -0.39 is 29.4 Å². The number of hydrogen-bond donors (Lipinski definition) is 5. The van der Waals surface area contributed by atoms with E-state index in [4.69, 9.17) is 25.0 Å². The van der Waals surface area contributed by atoms with E-state index in [-0.39, 0.29) is 86.9 Å². The Labute approximate surface area is 451 Å². The van der Waals surface area contributed by atoms with Crippen LogP contribution in [0.1, 0.15) is 106 Å². The maximum atomic E-state index is 14.8. The van der Waals surface area contributed by atoms with Crippen molar-refractivity contribution in [1.82, 2.24) is 50.7 Å². The Morgan fingerprint density at radius 1 is 1.01 bits per heavy atom. The molecular formula is C56H79FN12O8. The fourth-order valence-electron chi connectivity index (χ4n) is 10.4. The van der Waals surface area contributed by atoms with Crippen LogP contribution in [0.2, 0.25) is 0 Å². The molecule has 7 rings (SSSR count). The number of likely N-dealkylation sites (N-methyl/N-ethyl adjacent to an activating group) is 2. The summed E-state index contributed by atoms with van der Waals surface area (Å²) < 4.78 is 34.1. The molecule has 21 heteroatoms. The number of likely N-dealkylation sites (tertiary alicyclic amines) is 1. The van der Waals surface area contributed by atoms with Crippen molar-refractivity contribution in [3.63, 3.8) is 0 Å². The Balaban J connectivity index is 0.895. The molecule has 2 bridgehead atoms. The second-order valence-electron chi connectivity index (χ2n) is 21.3. The zero-order valence-electron chi connectivity index (χ0n) is 46.2. The van der Waals surface area contributed by atoms with Crippen molar-refractivity contribution < 1.29 is 42.6 Å². The smallest absolute Gasteiger partial charge is 0.254 e. The van der Waals surface area contributed by atoms with Crippen molar-refractivity contribution in [3.05, 3.63) is 89.0 Å². The highest BCUT2D eigenvalue weighted by Crippen LogP contribution is 2.44. The largest absolute Gasteiger partial charge is 0.481 e. The van der Waals surface area contributed by atoms with Crippen LogP contribution in [0.3, 0.4) is 0 Å². The van der Waals surface area contributed by atoms with Gasteiger partial charge in [0.15, 0.2) is 0 Å². The number of halogens is 1. The molecule has 2 saturated heterocycles. The van der Waals surface area contributed by atoms with Crippen LogP contribution < -0.4 is 36.6 Å². The van der Waals surface area contributed by atoms with Crippen LogP contribution in [-0.2, 0) is 41.7 Å². The van der Waals surface area contributed by atoms with E-state index in [0.717, 1.165) is 12.0 Å². The first kappa shape index (κ1) is 58.0. The van der Waals surface area contributed by atoms with E-state index in [1.165, 1.54) is 12.1 Å². The predicted octanol–water partition coefficient (Wildman–Crippen LogP) is 4.45. The number of nitrogens with one attached hydrogen (secondary N) is 4. The third kappa shape index (κ3) is 13.9. The number of ether oxygens (including phenoxy) is 3. The van der Waals surface area contributed by atoms with Crippen molar-refractivity contribution in [2.24, 2.45) is 5.41 Å². The lowest BCUT2D eigenvalue weighted by Gasteiger charge is -2.36. The Hall–Kier alpha value is -6.68. The number of benzene rings is 2. The third-order valence-corrected chi connectivity index (χ3v) is 14.9. The monoisotopic (exact) mass is 1070 g/mol. The van der Waals surface area contributed by atoms with Crippen LogP contribution in [0.15, 0.2) is 60.8 Å². The summed E-state index contributed by atoms with van der Waals surface area (Å²) in [5, 5.41) is 17.5. The van der Waals surface area contributed by atoms with Gasteiger partial charge in [0, 0.05) is 63.6 Å². The molecule has 0 spiro atoms. The molecule has 5 heterocycles. The van der Waals surface area contributed by atoms with Crippen LogP contribution in [0, 0.1) is 11.2 Å². The van der Waals surface area contributed by atoms with E-state index in [1.807, 2.05) is 64.1 Å². The van der Waals surface area contributed by atoms with Crippen LogP contribution in [-0.4, -0.2) is 164 Å². The number of hydrogen-bond acceptors (Lipinski definition) is 14. The van der Waals surface area contributed by atoms with E-state index >= 15 is 0 Å². The molecule has 5 amide bonds. The summed E-state index contributed by atoms with van der Waals surface area (Å²) in [6, 6.07) is 13.1. The van der Waals surface area contributed by atoms with Gasteiger partial charge >= 0.3 is 0 Å². The number of carbonyl (C=O) groups is 5. The fourth-order valence-corrected chi connectivity index (χ4v) is 10.4. The van der Waals surface area contributed by atoms with Crippen LogP contribution in [0.4, 0.5) is 15.9 Å². The minimum atomic E-state index is -0.868. The number of nitrogens with zero attached hydrogens (tertiary/aromatic N) is 7. The first-order chi connectivity index (χ1) is 36.8. The summed E-state index contributed by atoms with van der Waals surface area (Å²) in [6.07, 6.45) is 4.39. The van der Waals surface area contributed by atoms with E-state index in [9.17, 15) is 28.4 Å². The number of fused-ring (bicyclic) bond motifs is 8. The highest BCUT2D eigenvalue weighted by atomic mass is 19.1. The number of amides is 5. The number of nitrogen functional groups attached to an aromatic ring is 1. The molecule has 3 aliphatic rings. The standard InChI is InChI=1S/C56H79FN12O8/c1-10-42(36-15-12-11-13-16-36)62-52(72)46-31-39(33-68(46)54(74)49(56(3,4)5)63-51(71)35(2)59-6)60-21-26-77-28-27-76-25-20-47(70)65(7)23-24-69-55(75-9)48-37-29-45(50(58)61-32-37)67-22-14-17-44(67)41-30-38(57)18-19-40(41)53(73)66(8)34-43(48)64-69/h11-13,15-16,18-19,29-30,32,35,39,42,44,46,49,59-60H,10,14,17,20-28,31,33-34H2,1-9H3,(H2,58,61)(H,62,72)(H,63,71)/t35-,39-,42+,44-,46-,49?/m1/s1. The quantitative estimate of drug-likeness (QED) is 0.0686. The summed E-state index contributed by atoms with van der Waals surface area (Å²) >= 11 is 0. The third-order valence-electron chi connectivity index (χ3n) is 14.9. The lowest BCUT2D eigenvalue weighted by Crippen LogP contribution is -2.59. The van der Waals surface area contributed by atoms with Gasteiger partial charge in [-0.2, -0.15) is 5.10 Å². The molecule has 2 aromatic heterocycles. The van der Waals surface area contributed by atoms with Crippen molar-refractivity contribution in [2.75, 3.05) is 91.5 Å². The molecule has 2 fully saturated rings. The number of aromatic nitrogens is 3. The maximum absolute atomic E-state index is 14.8. The van der Waals surface area contributed by atoms with Gasteiger partial charge in [-0.3, -0.25) is 24.0 Å². The Morgan fingerprint density at radius 3 is 2.45 bits per heavy atom. The van der Waals surface area contributed by atoms with Gasteiger partial charge in [-0.1, -0.05) is 58.0 Å². The number of nitrogens with two attached hydrogens (primary N) is 1. The maximum Gasteiger partial charge on any atom is 0.254 e. The fraction of sp³-hybridized carbons (Fsp3) is 0.554. The molecule has 4 aromatic rings. The van der Waals surface area contributed by atoms with Gasteiger partial charge in [0.05, 0.1) is 88.1 Å². The van der Waals surface area contributed by atoms with Gasteiger partial charge in [-0.25, -0.2) is 14.1 Å².